The molecule has 172 valence electrons. The monoisotopic (exact) mass is 448 g/mol. The molecule has 0 aliphatic carbocycles. The highest BCUT2D eigenvalue weighted by molar-refractivity contribution is 5.78. The van der Waals surface area contributed by atoms with Gasteiger partial charge in [0, 0.05) is 18.3 Å². The van der Waals surface area contributed by atoms with Crippen molar-refractivity contribution >= 4 is 5.91 Å². The van der Waals surface area contributed by atoms with Gasteiger partial charge in [-0.2, -0.15) is 0 Å². The summed E-state index contributed by atoms with van der Waals surface area (Å²) in [5.41, 5.74) is 0.817. The van der Waals surface area contributed by atoms with Gasteiger partial charge in [0.05, 0.1) is 20.3 Å². The molecule has 0 bridgehead atoms. The number of benzene rings is 2. The van der Waals surface area contributed by atoms with Crippen molar-refractivity contribution in [3.8, 4) is 28.9 Å². The van der Waals surface area contributed by atoms with Crippen LogP contribution < -0.4 is 18.9 Å². The summed E-state index contributed by atoms with van der Waals surface area (Å²) in [6.07, 6.45) is 4.37. The number of methoxy groups -OCH3 is 1. The van der Waals surface area contributed by atoms with Gasteiger partial charge in [0.15, 0.2) is 29.6 Å². The van der Waals surface area contributed by atoms with Gasteiger partial charge in [-0.1, -0.05) is 30.3 Å². The second-order valence-corrected chi connectivity index (χ2v) is 7.68. The Hall–Kier alpha value is -3.74. The molecule has 0 saturated heterocycles. The molecule has 3 aromatic rings. The van der Waals surface area contributed by atoms with Crippen molar-refractivity contribution in [3.63, 3.8) is 0 Å². The van der Waals surface area contributed by atoms with E-state index in [1.54, 1.807) is 30.3 Å². The van der Waals surface area contributed by atoms with Crippen molar-refractivity contribution in [2.45, 2.75) is 25.8 Å². The molecular weight excluding hydrogens is 420 g/mol. The Morgan fingerprint density at radius 2 is 1.76 bits per heavy atom. The van der Waals surface area contributed by atoms with E-state index in [0.29, 0.717) is 48.6 Å². The van der Waals surface area contributed by atoms with E-state index in [0.717, 1.165) is 24.8 Å². The van der Waals surface area contributed by atoms with Crippen LogP contribution in [0.3, 0.4) is 0 Å². The molecule has 1 aliphatic rings. The Morgan fingerprint density at radius 3 is 2.61 bits per heavy atom. The number of fused-ring (bicyclic) bond motifs is 2. The fraction of sp³-hybridized carbons (Fsp3) is 0.308. The van der Waals surface area contributed by atoms with Crippen LogP contribution in [0.1, 0.15) is 24.8 Å². The van der Waals surface area contributed by atoms with Crippen LogP contribution in [0.5, 0.6) is 28.9 Å². The Morgan fingerprint density at radius 1 is 0.970 bits per heavy atom. The minimum absolute atomic E-state index is 0.0806. The highest BCUT2D eigenvalue weighted by Crippen LogP contribution is 2.33. The predicted molar refractivity (Wildman–Crippen MR) is 124 cm³/mol. The lowest BCUT2D eigenvalue weighted by Crippen LogP contribution is -2.35. The number of nitrogens with zero attached hydrogens (tertiary/aromatic N) is 2. The molecule has 7 nitrogen and oxygen atoms in total. The molecule has 2 heterocycles. The maximum absolute atomic E-state index is 13.1. The van der Waals surface area contributed by atoms with E-state index < -0.39 is 0 Å². The van der Waals surface area contributed by atoms with E-state index in [1.807, 2.05) is 48.5 Å². The summed E-state index contributed by atoms with van der Waals surface area (Å²) in [6, 6.07) is 18.6. The number of amides is 1. The second kappa shape index (κ2) is 11.2. The third-order valence-electron chi connectivity index (χ3n) is 5.37. The number of pyridine rings is 1. The van der Waals surface area contributed by atoms with Gasteiger partial charge >= 0.3 is 0 Å². The van der Waals surface area contributed by atoms with Gasteiger partial charge in [0.2, 0.25) is 5.88 Å². The second-order valence-electron chi connectivity index (χ2n) is 7.68. The van der Waals surface area contributed by atoms with Gasteiger partial charge < -0.3 is 23.8 Å². The number of aromatic nitrogens is 1. The number of hydrogen-bond acceptors (Lipinski definition) is 6. The maximum Gasteiger partial charge on any atom is 0.260 e. The molecule has 0 radical (unpaired) electrons. The molecule has 1 aliphatic heterocycles. The molecule has 4 rings (SSSR count). The average molecular weight is 449 g/mol. The van der Waals surface area contributed by atoms with E-state index in [2.05, 4.69) is 4.98 Å². The molecule has 0 spiro atoms. The van der Waals surface area contributed by atoms with Gasteiger partial charge in [-0.05, 0) is 49.6 Å². The quantitative estimate of drug-likeness (QED) is 0.568. The third-order valence-corrected chi connectivity index (χ3v) is 5.37. The topological polar surface area (TPSA) is 70.1 Å². The van der Waals surface area contributed by atoms with Crippen LogP contribution in [0.2, 0.25) is 0 Å². The molecule has 0 atom stereocenters. The van der Waals surface area contributed by atoms with Crippen molar-refractivity contribution in [2.75, 3.05) is 26.9 Å². The van der Waals surface area contributed by atoms with Gasteiger partial charge in [-0.3, -0.25) is 4.79 Å². The zero-order chi connectivity index (χ0) is 22.9. The van der Waals surface area contributed by atoms with Crippen LogP contribution in [-0.4, -0.2) is 42.7 Å². The van der Waals surface area contributed by atoms with Crippen molar-refractivity contribution in [3.05, 3.63) is 72.4 Å². The number of hydrogen-bond donors (Lipinski definition) is 0. The van der Waals surface area contributed by atoms with Crippen molar-refractivity contribution < 1.29 is 23.7 Å². The molecule has 1 aromatic heterocycles. The Labute approximate surface area is 193 Å². The van der Waals surface area contributed by atoms with Crippen LogP contribution in [-0.2, 0) is 11.3 Å². The number of carbonyl (C=O) groups is 1. The highest BCUT2D eigenvalue weighted by Gasteiger charge is 2.19. The minimum Gasteiger partial charge on any atom is -0.493 e. The Bertz CT molecular complexity index is 1070. The Kier molecular flexibility index (Phi) is 7.64. The molecule has 0 saturated carbocycles. The van der Waals surface area contributed by atoms with Gasteiger partial charge in [-0.15, -0.1) is 0 Å². The van der Waals surface area contributed by atoms with Crippen molar-refractivity contribution in [2.24, 2.45) is 0 Å². The van der Waals surface area contributed by atoms with Crippen LogP contribution in [0.15, 0.2) is 66.9 Å². The molecule has 0 fully saturated rings. The van der Waals surface area contributed by atoms with E-state index in [9.17, 15) is 4.79 Å². The zero-order valence-electron chi connectivity index (χ0n) is 18.7. The lowest BCUT2D eigenvalue weighted by molar-refractivity contribution is -0.134. The smallest absolute Gasteiger partial charge is 0.260 e. The summed E-state index contributed by atoms with van der Waals surface area (Å²) in [7, 11) is 1.58. The first-order valence-corrected chi connectivity index (χ1v) is 11.1. The number of para-hydroxylation sites is 4. The summed E-state index contributed by atoms with van der Waals surface area (Å²) in [4.78, 5) is 19.4. The molecule has 1 amide bonds. The molecule has 0 N–H and O–H groups in total. The molecule has 33 heavy (non-hydrogen) atoms. The first-order valence-electron chi connectivity index (χ1n) is 11.1. The molecular formula is C26H28N2O5. The fourth-order valence-electron chi connectivity index (χ4n) is 3.62. The predicted octanol–water partition coefficient (Wildman–Crippen LogP) is 4.85. The van der Waals surface area contributed by atoms with Gasteiger partial charge in [0.1, 0.15) is 0 Å². The maximum atomic E-state index is 13.1. The zero-order valence-corrected chi connectivity index (χ0v) is 18.7. The first kappa shape index (κ1) is 22.5. The summed E-state index contributed by atoms with van der Waals surface area (Å²) in [5.74, 6) is 2.77. The lowest BCUT2D eigenvalue weighted by Gasteiger charge is -2.24. The minimum atomic E-state index is -0.109. The number of ether oxygens (including phenoxy) is 4. The van der Waals surface area contributed by atoms with E-state index in [-0.39, 0.29) is 12.5 Å². The third kappa shape index (κ3) is 5.94. The van der Waals surface area contributed by atoms with E-state index in [4.69, 9.17) is 18.9 Å². The van der Waals surface area contributed by atoms with Crippen molar-refractivity contribution in [1.29, 1.82) is 0 Å². The van der Waals surface area contributed by atoms with Crippen LogP contribution in [0.25, 0.3) is 0 Å². The standard InChI is InChI=1S/C26H28N2O5/c1-30-21-11-3-4-12-22(21)32-19-25(29)28-16-7-2-8-17-31-23-13-5-6-14-24(23)33-26-20(18-28)10-9-15-27-26/h3-6,9-15H,2,7-8,16-19H2,1H3. The van der Waals surface area contributed by atoms with Gasteiger partial charge in [0.25, 0.3) is 5.91 Å². The van der Waals surface area contributed by atoms with E-state index in [1.165, 1.54) is 0 Å². The summed E-state index contributed by atoms with van der Waals surface area (Å²) < 4.78 is 23.2. The molecule has 7 heteroatoms. The molecule has 2 aromatic carbocycles. The van der Waals surface area contributed by atoms with Crippen LogP contribution in [0.4, 0.5) is 0 Å². The fourth-order valence-corrected chi connectivity index (χ4v) is 3.62. The normalized spacial score (nSPS) is 14.2. The SMILES string of the molecule is COc1ccccc1OCC(=O)N1CCCCCOc2ccccc2Oc2ncccc2C1. The summed E-state index contributed by atoms with van der Waals surface area (Å²) >= 11 is 0. The number of carbonyl (C=O) groups excluding carboxylic acids is 1. The van der Waals surface area contributed by atoms with Crippen molar-refractivity contribution in [1.82, 2.24) is 9.88 Å². The van der Waals surface area contributed by atoms with Crippen LogP contribution in [0, 0.1) is 0 Å². The highest BCUT2D eigenvalue weighted by atomic mass is 16.5. The van der Waals surface area contributed by atoms with Gasteiger partial charge in [-0.25, -0.2) is 4.98 Å². The largest absolute Gasteiger partial charge is 0.493 e. The van der Waals surface area contributed by atoms with E-state index >= 15 is 0 Å². The summed E-state index contributed by atoms with van der Waals surface area (Å²) in [5, 5.41) is 0. The Balaban J connectivity index is 1.54. The summed E-state index contributed by atoms with van der Waals surface area (Å²) in [6.45, 7) is 1.48. The number of rotatable bonds is 4. The first-order chi connectivity index (χ1) is 16.2. The van der Waals surface area contributed by atoms with Crippen LogP contribution >= 0.6 is 0 Å². The molecule has 0 unspecified atom stereocenters. The lowest BCUT2D eigenvalue weighted by atomic mass is 10.2. The average Bonchev–Trinajstić information content (AvgIpc) is 2.87.